The highest BCUT2D eigenvalue weighted by atomic mass is 19.4. The van der Waals surface area contributed by atoms with Gasteiger partial charge in [-0.25, -0.2) is 0 Å². The normalized spacial score (nSPS) is 11.1. The topological polar surface area (TPSA) is 60.5 Å². The van der Waals surface area contributed by atoms with E-state index in [-0.39, 0.29) is 23.8 Å². The molecule has 26 heavy (non-hydrogen) atoms. The zero-order valence-corrected chi connectivity index (χ0v) is 14.2. The van der Waals surface area contributed by atoms with Gasteiger partial charge in [0.2, 0.25) is 5.91 Å². The fourth-order valence-electron chi connectivity index (χ4n) is 2.19. The number of carbonyl (C=O) groups is 1. The summed E-state index contributed by atoms with van der Waals surface area (Å²) in [6, 6.07) is 8.22. The summed E-state index contributed by atoms with van der Waals surface area (Å²) in [7, 11) is 1.35. The summed E-state index contributed by atoms with van der Waals surface area (Å²) in [5, 5.41) is 2.80. The highest BCUT2D eigenvalue weighted by Gasteiger charge is 2.29. The van der Waals surface area contributed by atoms with Crippen LogP contribution in [0.1, 0.15) is 17.5 Å². The van der Waals surface area contributed by atoms with Crippen molar-refractivity contribution < 1.29 is 27.4 Å². The van der Waals surface area contributed by atoms with Crippen LogP contribution in [0.3, 0.4) is 0 Å². The predicted molar refractivity (Wildman–Crippen MR) is 88.9 cm³/mol. The van der Waals surface area contributed by atoms with Crippen molar-refractivity contribution in [3.63, 3.8) is 0 Å². The molecule has 1 aromatic carbocycles. The van der Waals surface area contributed by atoms with Crippen molar-refractivity contribution in [3.8, 4) is 11.5 Å². The van der Waals surface area contributed by atoms with Crippen molar-refractivity contribution in [2.24, 2.45) is 0 Å². The maximum atomic E-state index is 12.2. The number of alkyl halides is 3. The highest BCUT2D eigenvalue weighted by molar-refractivity contribution is 5.76. The Balaban J connectivity index is 1.86. The number of methoxy groups -OCH3 is 1. The third kappa shape index (κ3) is 6.62. The Labute approximate surface area is 149 Å². The van der Waals surface area contributed by atoms with Crippen LogP contribution in [-0.2, 0) is 17.8 Å². The van der Waals surface area contributed by atoms with E-state index in [0.29, 0.717) is 13.0 Å². The number of nitrogens with zero attached hydrogens (tertiary/aromatic N) is 1. The quantitative estimate of drug-likeness (QED) is 0.777. The molecule has 5 nitrogen and oxygen atoms in total. The van der Waals surface area contributed by atoms with Crippen LogP contribution < -0.4 is 14.8 Å². The number of carbonyl (C=O) groups excluding carboxylic acids is 1. The number of halogens is 3. The summed E-state index contributed by atoms with van der Waals surface area (Å²) < 4.78 is 46.5. The maximum Gasteiger partial charge on any atom is 0.422 e. The smallest absolute Gasteiger partial charge is 0.422 e. The molecule has 1 aromatic heterocycles. The lowest BCUT2D eigenvalue weighted by atomic mass is 10.1. The molecule has 0 bridgehead atoms. The van der Waals surface area contributed by atoms with E-state index < -0.39 is 12.8 Å². The first-order chi connectivity index (χ1) is 12.4. The summed E-state index contributed by atoms with van der Waals surface area (Å²) in [6.45, 7) is -0.977. The number of hydrogen-bond acceptors (Lipinski definition) is 4. The van der Waals surface area contributed by atoms with Crippen molar-refractivity contribution >= 4 is 5.91 Å². The molecule has 1 heterocycles. The van der Waals surface area contributed by atoms with E-state index in [9.17, 15) is 18.0 Å². The van der Waals surface area contributed by atoms with Crippen molar-refractivity contribution in [2.75, 3.05) is 13.7 Å². The number of amides is 1. The molecule has 0 unspecified atom stereocenters. The van der Waals surface area contributed by atoms with E-state index in [2.05, 4.69) is 10.3 Å². The van der Waals surface area contributed by atoms with Gasteiger partial charge in [-0.1, -0.05) is 6.07 Å². The number of hydrogen-bond donors (Lipinski definition) is 1. The lowest BCUT2D eigenvalue weighted by Crippen LogP contribution is -2.23. The van der Waals surface area contributed by atoms with E-state index in [1.165, 1.54) is 13.2 Å². The molecule has 0 saturated heterocycles. The molecule has 0 atom stereocenters. The largest absolute Gasteiger partial charge is 0.493 e. The molecule has 0 aliphatic heterocycles. The molecule has 2 rings (SSSR count). The summed E-state index contributed by atoms with van der Waals surface area (Å²) >= 11 is 0. The van der Waals surface area contributed by atoms with Crippen LogP contribution in [-0.4, -0.2) is 30.8 Å². The van der Waals surface area contributed by atoms with Gasteiger partial charge in [0.25, 0.3) is 0 Å². The Bertz CT molecular complexity index is 721. The second-order valence-corrected chi connectivity index (χ2v) is 5.52. The Kier molecular flexibility index (Phi) is 6.82. The van der Waals surface area contributed by atoms with Crippen LogP contribution in [0.2, 0.25) is 0 Å². The van der Waals surface area contributed by atoms with Crippen LogP contribution in [0.25, 0.3) is 0 Å². The van der Waals surface area contributed by atoms with E-state index >= 15 is 0 Å². The van der Waals surface area contributed by atoms with Gasteiger partial charge < -0.3 is 14.8 Å². The number of ether oxygens (including phenoxy) is 2. The molecule has 0 fully saturated rings. The summed E-state index contributed by atoms with van der Waals surface area (Å²) in [5.41, 5.74) is 1.71. The summed E-state index contributed by atoms with van der Waals surface area (Å²) in [5.74, 6) is 0.0813. The van der Waals surface area contributed by atoms with Gasteiger partial charge in [0.15, 0.2) is 18.1 Å². The minimum absolute atomic E-state index is 0.00992. The minimum Gasteiger partial charge on any atom is -0.493 e. The summed E-state index contributed by atoms with van der Waals surface area (Å²) in [6.07, 6.45) is -0.446. The molecule has 140 valence electrons. The van der Waals surface area contributed by atoms with Crippen LogP contribution in [0.4, 0.5) is 13.2 Å². The average Bonchev–Trinajstić information content (AvgIpc) is 2.63. The molecule has 0 aliphatic rings. The maximum absolute atomic E-state index is 12.2. The minimum atomic E-state index is -4.42. The lowest BCUT2D eigenvalue weighted by molar-refractivity contribution is -0.153. The van der Waals surface area contributed by atoms with Crippen LogP contribution in [0.5, 0.6) is 11.5 Å². The molecule has 0 saturated carbocycles. The Morgan fingerprint density at radius 3 is 2.50 bits per heavy atom. The Morgan fingerprint density at radius 2 is 1.85 bits per heavy atom. The van der Waals surface area contributed by atoms with Gasteiger partial charge in [-0.15, -0.1) is 0 Å². The highest BCUT2D eigenvalue weighted by Crippen LogP contribution is 2.30. The molecule has 0 aliphatic carbocycles. The lowest BCUT2D eigenvalue weighted by Gasteiger charge is -2.13. The molecule has 0 spiro atoms. The van der Waals surface area contributed by atoms with Gasteiger partial charge in [-0.2, -0.15) is 13.2 Å². The first-order valence-electron chi connectivity index (χ1n) is 7.89. The third-order valence-electron chi connectivity index (χ3n) is 3.50. The Morgan fingerprint density at radius 1 is 1.12 bits per heavy atom. The van der Waals surface area contributed by atoms with Crippen LogP contribution in [0, 0.1) is 0 Å². The number of benzene rings is 1. The molecule has 1 amide bonds. The fraction of sp³-hybridized carbons (Fsp3) is 0.333. The number of pyridine rings is 1. The molecular weight excluding hydrogens is 349 g/mol. The monoisotopic (exact) mass is 368 g/mol. The van der Waals surface area contributed by atoms with Crippen LogP contribution >= 0.6 is 0 Å². The van der Waals surface area contributed by atoms with Gasteiger partial charge in [-0.05, 0) is 41.8 Å². The zero-order valence-electron chi connectivity index (χ0n) is 14.2. The number of aromatic nitrogens is 1. The van der Waals surface area contributed by atoms with E-state index in [4.69, 9.17) is 9.47 Å². The van der Waals surface area contributed by atoms with Gasteiger partial charge in [0, 0.05) is 25.4 Å². The van der Waals surface area contributed by atoms with Gasteiger partial charge in [0.05, 0.1) is 7.11 Å². The number of rotatable bonds is 8. The second kappa shape index (κ2) is 9.07. The first kappa shape index (κ1) is 19.6. The van der Waals surface area contributed by atoms with Crippen molar-refractivity contribution in [3.05, 3.63) is 53.9 Å². The number of nitrogens with one attached hydrogen (secondary N) is 1. The van der Waals surface area contributed by atoms with E-state index in [1.807, 2.05) is 12.1 Å². The SMILES string of the molecule is COc1cc(CCC(=O)NCc2ccncc2)ccc1OCC(F)(F)F. The molecule has 0 radical (unpaired) electrons. The fourth-order valence-corrected chi connectivity index (χ4v) is 2.19. The van der Waals surface area contributed by atoms with Gasteiger partial charge in [-0.3, -0.25) is 9.78 Å². The van der Waals surface area contributed by atoms with Crippen molar-refractivity contribution in [1.29, 1.82) is 0 Å². The third-order valence-corrected chi connectivity index (χ3v) is 3.50. The van der Waals surface area contributed by atoms with E-state index in [1.54, 1.807) is 24.5 Å². The molecule has 2 aromatic rings. The summed E-state index contributed by atoms with van der Waals surface area (Å²) in [4.78, 5) is 15.8. The van der Waals surface area contributed by atoms with E-state index in [0.717, 1.165) is 11.1 Å². The molecular formula is C18H19F3N2O3. The van der Waals surface area contributed by atoms with Crippen molar-refractivity contribution in [2.45, 2.75) is 25.6 Å². The van der Waals surface area contributed by atoms with Gasteiger partial charge >= 0.3 is 6.18 Å². The molecule has 1 N–H and O–H groups in total. The second-order valence-electron chi connectivity index (χ2n) is 5.52. The van der Waals surface area contributed by atoms with Crippen molar-refractivity contribution in [1.82, 2.24) is 10.3 Å². The predicted octanol–water partition coefficient (Wildman–Crippen LogP) is 3.28. The first-order valence-corrected chi connectivity index (χ1v) is 7.89. The van der Waals surface area contributed by atoms with Crippen LogP contribution in [0.15, 0.2) is 42.7 Å². The van der Waals surface area contributed by atoms with Gasteiger partial charge in [0.1, 0.15) is 0 Å². The zero-order chi connectivity index (χ0) is 19.0. The Hall–Kier alpha value is -2.77. The number of aryl methyl sites for hydroxylation is 1. The average molecular weight is 368 g/mol. The molecule has 8 heteroatoms. The standard InChI is InChI=1S/C18H19F3N2O3/c1-25-16-10-13(2-4-15(16)26-12-18(19,20)21)3-5-17(24)23-11-14-6-8-22-9-7-14/h2,4,6-10H,3,5,11-12H2,1H3,(H,23,24).